The van der Waals surface area contributed by atoms with Crippen LogP contribution in [0.1, 0.15) is 41.6 Å². The Labute approximate surface area is 188 Å². The van der Waals surface area contributed by atoms with E-state index in [1.807, 2.05) is 0 Å². The third kappa shape index (κ3) is 6.85. The van der Waals surface area contributed by atoms with Crippen molar-refractivity contribution in [1.82, 2.24) is 4.90 Å². The fraction of sp³-hybridized carbons (Fsp3) is 0.524. The molecule has 1 aromatic rings. The average molecular weight is 470 g/mol. The summed E-state index contributed by atoms with van der Waals surface area (Å²) in [6.07, 6.45) is -6.82. The van der Waals surface area contributed by atoms with Crippen molar-refractivity contribution >= 4 is 24.6 Å². The monoisotopic (exact) mass is 470 g/mol. The van der Waals surface area contributed by atoms with Gasteiger partial charge in [0.15, 0.2) is 11.6 Å². The standard InChI is InChI=1S/C21H23BF4N2O5/c1-12-5-6-13(8-16(12)23)18(29)10-15(21(24,25)26)20(31)28-7-3-4-17(28)19(30)9-14(27-2)11-22(32)33/h5-6,8,14-15,17,32-33H,3-4,7,9-11H2,1H3. The predicted molar refractivity (Wildman–Crippen MR) is 109 cm³/mol. The van der Waals surface area contributed by atoms with Crippen LogP contribution in [0, 0.1) is 25.2 Å². The highest BCUT2D eigenvalue weighted by Crippen LogP contribution is 2.34. The molecule has 1 aromatic carbocycles. The molecule has 1 fully saturated rings. The number of benzene rings is 1. The van der Waals surface area contributed by atoms with Crippen molar-refractivity contribution in [2.45, 2.75) is 57.2 Å². The number of rotatable bonds is 9. The van der Waals surface area contributed by atoms with E-state index in [1.165, 1.54) is 19.1 Å². The smallest absolute Gasteiger partial charge is 0.427 e. The first-order valence-electron chi connectivity index (χ1n) is 10.3. The summed E-state index contributed by atoms with van der Waals surface area (Å²) in [6, 6.07) is 0.957. The fourth-order valence-corrected chi connectivity index (χ4v) is 3.77. The largest absolute Gasteiger partial charge is 0.459 e. The summed E-state index contributed by atoms with van der Waals surface area (Å²) >= 11 is 0. The molecule has 3 atom stereocenters. The van der Waals surface area contributed by atoms with E-state index in [9.17, 15) is 31.9 Å². The molecule has 0 radical (unpaired) electrons. The highest BCUT2D eigenvalue weighted by atomic mass is 19.4. The molecule has 0 aliphatic carbocycles. The molecule has 7 nitrogen and oxygen atoms in total. The highest BCUT2D eigenvalue weighted by molar-refractivity contribution is 6.41. The lowest BCUT2D eigenvalue weighted by Gasteiger charge is -2.29. The maximum atomic E-state index is 13.7. The van der Waals surface area contributed by atoms with Crippen LogP contribution in [0.4, 0.5) is 17.6 Å². The third-order valence-electron chi connectivity index (χ3n) is 5.59. The molecule has 1 aliphatic rings. The van der Waals surface area contributed by atoms with Crippen molar-refractivity contribution in [1.29, 1.82) is 0 Å². The number of carbonyl (C=O) groups excluding carboxylic acids is 3. The van der Waals surface area contributed by atoms with E-state index >= 15 is 0 Å². The van der Waals surface area contributed by atoms with Crippen molar-refractivity contribution in [3.8, 4) is 0 Å². The van der Waals surface area contributed by atoms with Crippen LogP contribution in [0.2, 0.25) is 6.32 Å². The van der Waals surface area contributed by atoms with Crippen LogP contribution in [0.3, 0.4) is 0 Å². The van der Waals surface area contributed by atoms with Gasteiger partial charge >= 0.3 is 13.3 Å². The number of likely N-dealkylation sites (tertiary alicyclic amines) is 1. The quantitative estimate of drug-likeness (QED) is 0.250. The average Bonchev–Trinajstić information content (AvgIpc) is 3.21. The van der Waals surface area contributed by atoms with E-state index in [-0.39, 0.29) is 30.5 Å². The number of halogens is 4. The lowest BCUT2D eigenvalue weighted by molar-refractivity contribution is -0.189. The minimum Gasteiger partial charge on any atom is -0.427 e. The van der Waals surface area contributed by atoms with Crippen LogP contribution >= 0.6 is 0 Å². The molecule has 178 valence electrons. The molecule has 2 rings (SSSR count). The van der Waals surface area contributed by atoms with E-state index in [2.05, 4.69) is 4.85 Å². The van der Waals surface area contributed by atoms with Crippen molar-refractivity contribution in [2.75, 3.05) is 6.54 Å². The van der Waals surface area contributed by atoms with Gasteiger partial charge in [0.25, 0.3) is 0 Å². The number of hydrogen-bond donors (Lipinski definition) is 2. The Morgan fingerprint density at radius 1 is 1.27 bits per heavy atom. The van der Waals surface area contributed by atoms with E-state index in [0.29, 0.717) is 0 Å². The number of carbonyl (C=O) groups is 3. The van der Waals surface area contributed by atoms with Crippen molar-refractivity contribution in [3.05, 3.63) is 46.6 Å². The number of ketones is 2. The summed E-state index contributed by atoms with van der Waals surface area (Å²) in [5.41, 5.74) is -0.0866. The Morgan fingerprint density at radius 2 is 1.94 bits per heavy atom. The van der Waals surface area contributed by atoms with Crippen LogP contribution in [-0.4, -0.2) is 64.3 Å². The summed E-state index contributed by atoms with van der Waals surface area (Å²) < 4.78 is 54.9. The number of Topliss-reactive ketones (excluding diaryl/α,β-unsaturated/α-hetero) is 2. The highest BCUT2D eigenvalue weighted by Gasteiger charge is 2.50. The molecular weight excluding hydrogens is 447 g/mol. The van der Waals surface area contributed by atoms with Gasteiger partial charge in [0.2, 0.25) is 11.9 Å². The molecule has 0 aromatic heterocycles. The lowest BCUT2D eigenvalue weighted by atomic mass is 9.80. The first-order valence-corrected chi connectivity index (χ1v) is 10.3. The molecule has 1 saturated heterocycles. The molecule has 1 heterocycles. The van der Waals surface area contributed by atoms with Gasteiger partial charge in [-0.15, -0.1) is 0 Å². The van der Waals surface area contributed by atoms with Gasteiger partial charge in [-0.3, -0.25) is 14.4 Å². The molecule has 2 N–H and O–H groups in total. The Balaban J connectivity index is 2.20. The lowest BCUT2D eigenvalue weighted by Crippen LogP contribution is -2.48. The van der Waals surface area contributed by atoms with Gasteiger partial charge in [-0.25, -0.2) is 11.0 Å². The number of hydrogen-bond acceptors (Lipinski definition) is 5. The van der Waals surface area contributed by atoms with E-state index in [0.717, 1.165) is 11.0 Å². The summed E-state index contributed by atoms with van der Waals surface area (Å²) in [5, 5.41) is 18.0. The van der Waals surface area contributed by atoms with Gasteiger partial charge in [0.1, 0.15) is 11.7 Å². The topological polar surface area (TPSA) is 99.3 Å². The summed E-state index contributed by atoms with van der Waals surface area (Å²) in [5.74, 6) is -6.62. The molecule has 1 aliphatic heterocycles. The zero-order valence-corrected chi connectivity index (χ0v) is 17.8. The van der Waals surface area contributed by atoms with Gasteiger partial charge in [0.05, 0.1) is 18.8 Å². The second kappa shape index (κ2) is 10.9. The zero-order chi connectivity index (χ0) is 24.9. The number of amides is 1. The SMILES string of the molecule is [C-]#[N+]C(CB(O)O)CC(=O)C1CCCN1C(=O)C(CC(=O)c1ccc(C)c(F)c1)C(F)(F)F. The number of nitrogens with zero attached hydrogens (tertiary/aromatic N) is 2. The molecule has 1 amide bonds. The summed E-state index contributed by atoms with van der Waals surface area (Å²) in [7, 11) is -1.83. The van der Waals surface area contributed by atoms with Gasteiger partial charge in [-0.2, -0.15) is 13.2 Å². The molecule has 0 spiro atoms. The van der Waals surface area contributed by atoms with E-state index in [1.54, 1.807) is 0 Å². The second-order valence-corrected chi connectivity index (χ2v) is 8.04. The Kier molecular flexibility index (Phi) is 8.74. The number of alkyl halides is 3. The Morgan fingerprint density at radius 3 is 2.48 bits per heavy atom. The predicted octanol–water partition coefficient (Wildman–Crippen LogP) is 2.60. The normalized spacial score (nSPS) is 17.9. The van der Waals surface area contributed by atoms with Crippen LogP contribution < -0.4 is 0 Å². The maximum absolute atomic E-state index is 13.7. The molecule has 33 heavy (non-hydrogen) atoms. The van der Waals surface area contributed by atoms with E-state index in [4.69, 9.17) is 16.6 Å². The molecule has 3 unspecified atom stereocenters. The van der Waals surface area contributed by atoms with Crippen LogP contribution in [0.5, 0.6) is 0 Å². The maximum Gasteiger partial charge on any atom is 0.459 e. The van der Waals surface area contributed by atoms with Crippen LogP contribution in [0.25, 0.3) is 4.85 Å². The minimum absolute atomic E-state index is 0.0959. The number of aryl methyl sites for hydroxylation is 1. The third-order valence-corrected chi connectivity index (χ3v) is 5.59. The van der Waals surface area contributed by atoms with Crippen molar-refractivity contribution < 1.29 is 42.0 Å². The minimum atomic E-state index is -5.08. The second-order valence-electron chi connectivity index (χ2n) is 8.04. The molecule has 0 bridgehead atoms. The van der Waals surface area contributed by atoms with E-state index < -0.39 is 73.7 Å². The van der Waals surface area contributed by atoms with Gasteiger partial charge in [-0.05, 0) is 31.4 Å². The Bertz CT molecular complexity index is 948. The first-order chi connectivity index (χ1) is 15.3. The molecule has 0 saturated carbocycles. The first kappa shape index (κ1) is 26.5. The van der Waals surface area contributed by atoms with Crippen LogP contribution in [-0.2, 0) is 9.59 Å². The zero-order valence-electron chi connectivity index (χ0n) is 17.8. The molecule has 12 heteroatoms. The van der Waals surface area contributed by atoms with Gasteiger partial charge < -0.3 is 19.8 Å². The molecular formula is C21H23BF4N2O5. The summed E-state index contributed by atoms with van der Waals surface area (Å²) in [4.78, 5) is 41.7. The van der Waals surface area contributed by atoms with Crippen molar-refractivity contribution in [3.63, 3.8) is 0 Å². The van der Waals surface area contributed by atoms with Crippen LogP contribution in [0.15, 0.2) is 18.2 Å². The Hall–Kier alpha value is -2.78. The van der Waals surface area contributed by atoms with Gasteiger partial charge in [-0.1, -0.05) is 12.1 Å². The van der Waals surface area contributed by atoms with Gasteiger partial charge in [0, 0.05) is 18.5 Å². The van der Waals surface area contributed by atoms with Crippen molar-refractivity contribution in [2.24, 2.45) is 5.92 Å². The fourth-order valence-electron chi connectivity index (χ4n) is 3.77. The summed E-state index contributed by atoms with van der Waals surface area (Å²) in [6.45, 7) is 8.35.